The Morgan fingerprint density at radius 1 is 1.14 bits per heavy atom. The summed E-state index contributed by atoms with van der Waals surface area (Å²) in [5.74, 6) is -2.94. The van der Waals surface area contributed by atoms with Crippen LogP contribution in [-0.2, 0) is 11.3 Å². The van der Waals surface area contributed by atoms with Crippen molar-refractivity contribution in [2.75, 3.05) is 13.7 Å². The van der Waals surface area contributed by atoms with E-state index in [0.717, 1.165) is 6.07 Å². The zero-order chi connectivity index (χ0) is 15.4. The van der Waals surface area contributed by atoms with Crippen LogP contribution < -0.4 is 5.32 Å². The van der Waals surface area contributed by atoms with Crippen LogP contribution in [-0.4, -0.2) is 13.7 Å². The van der Waals surface area contributed by atoms with Gasteiger partial charge in [0.2, 0.25) is 0 Å². The first-order valence-electron chi connectivity index (χ1n) is 6.52. The van der Waals surface area contributed by atoms with Crippen LogP contribution in [0, 0.1) is 17.5 Å². The normalized spacial score (nSPS) is 12.6. The molecule has 0 aliphatic rings. The molecule has 1 N–H and O–H groups in total. The molecule has 0 radical (unpaired) electrons. The van der Waals surface area contributed by atoms with Crippen molar-refractivity contribution >= 4 is 0 Å². The molecular weight excluding hydrogens is 283 g/mol. The molecule has 0 saturated carbocycles. The summed E-state index contributed by atoms with van der Waals surface area (Å²) < 4.78 is 50.9. The van der Waals surface area contributed by atoms with Gasteiger partial charge in [0, 0.05) is 12.7 Å². The van der Waals surface area contributed by atoms with E-state index in [1.807, 2.05) is 6.92 Å². The fraction of sp³-hybridized carbons (Fsp3) is 0.333. The van der Waals surface area contributed by atoms with Crippen molar-refractivity contribution in [2.45, 2.75) is 19.6 Å². The number of ether oxygens (including phenoxy) is 1. The van der Waals surface area contributed by atoms with Crippen molar-refractivity contribution in [3.05, 3.63) is 58.8 Å². The quantitative estimate of drug-likeness (QED) is 0.828. The average Bonchev–Trinajstić information content (AvgIpc) is 2.92. The smallest absolute Gasteiger partial charge is 0.194 e. The van der Waals surface area contributed by atoms with Gasteiger partial charge >= 0.3 is 0 Å². The molecule has 114 valence electrons. The standard InChI is InChI=1S/C15H16F3NO2/c1-3-19-15(12-7-4-9(21-12)8-20-2)10-5-6-11(16)14(18)13(10)17/h4-7,15,19H,3,8H2,1-2H3. The Bertz CT molecular complexity index is 613. The van der Waals surface area contributed by atoms with E-state index in [1.54, 1.807) is 12.1 Å². The minimum Gasteiger partial charge on any atom is -0.462 e. The van der Waals surface area contributed by atoms with Gasteiger partial charge in [-0.25, -0.2) is 13.2 Å². The van der Waals surface area contributed by atoms with E-state index in [-0.39, 0.29) is 12.2 Å². The number of nitrogens with one attached hydrogen (secondary N) is 1. The van der Waals surface area contributed by atoms with E-state index in [2.05, 4.69) is 5.32 Å². The van der Waals surface area contributed by atoms with Crippen LogP contribution >= 0.6 is 0 Å². The van der Waals surface area contributed by atoms with E-state index < -0.39 is 23.5 Å². The molecule has 0 spiro atoms. The second-order valence-electron chi connectivity index (χ2n) is 4.49. The minimum atomic E-state index is -1.49. The molecule has 0 aliphatic carbocycles. The SMILES string of the molecule is CCNC(c1ccc(COC)o1)c1ccc(F)c(F)c1F. The lowest BCUT2D eigenvalue weighted by Crippen LogP contribution is -2.23. The van der Waals surface area contributed by atoms with Crippen molar-refractivity contribution in [1.29, 1.82) is 0 Å². The van der Waals surface area contributed by atoms with Gasteiger partial charge < -0.3 is 14.5 Å². The maximum absolute atomic E-state index is 14.0. The Hall–Kier alpha value is -1.79. The van der Waals surface area contributed by atoms with Gasteiger partial charge in [-0.1, -0.05) is 13.0 Å². The highest BCUT2D eigenvalue weighted by Crippen LogP contribution is 2.28. The third-order valence-electron chi connectivity index (χ3n) is 3.04. The Balaban J connectivity index is 2.40. The summed E-state index contributed by atoms with van der Waals surface area (Å²) in [6, 6.07) is 4.76. The first-order valence-corrected chi connectivity index (χ1v) is 6.52. The van der Waals surface area contributed by atoms with Crippen LogP contribution in [0.15, 0.2) is 28.7 Å². The molecular formula is C15H16F3NO2. The Labute approximate surface area is 120 Å². The fourth-order valence-corrected chi connectivity index (χ4v) is 2.10. The lowest BCUT2D eigenvalue weighted by Gasteiger charge is -2.17. The highest BCUT2D eigenvalue weighted by molar-refractivity contribution is 5.30. The molecule has 21 heavy (non-hydrogen) atoms. The predicted octanol–water partition coefficient (Wildman–Crippen LogP) is 3.54. The topological polar surface area (TPSA) is 34.4 Å². The van der Waals surface area contributed by atoms with E-state index in [4.69, 9.17) is 9.15 Å². The molecule has 1 atom stereocenters. The zero-order valence-corrected chi connectivity index (χ0v) is 11.8. The highest BCUT2D eigenvalue weighted by Gasteiger charge is 2.24. The van der Waals surface area contributed by atoms with Crippen LogP contribution in [0.4, 0.5) is 13.2 Å². The number of methoxy groups -OCH3 is 1. The van der Waals surface area contributed by atoms with Gasteiger partial charge in [0.05, 0.1) is 6.04 Å². The van der Waals surface area contributed by atoms with E-state index in [9.17, 15) is 13.2 Å². The first-order chi connectivity index (χ1) is 10.1. The average molecular weight is 299 g/mol. The lowest BCUT2D eigenvalue weighted by molar-refractivity contribution is 0.162. The Morgan fingerprint density at radius 3 is 2.57 bits per heavy atom. The second kappa shape index (κ2) is 6.78. The van der Waals surface area contributed by atoms with Crippen molar-refractivity contribution in [1.82, 2.24) is 5.32 Å². The van der Waals surface area contributed by atoms with Crippen molar-refractivity contribution in [3.8, 4) is 0 Å². The number of furan rings is 1. The first kappa shape index (κ1) is 15.6. The molecule has 0 amide bonds. The molecule has 0 saturated heterocycles. The van der Waals surface area contributed by atoms with E-state index in [1.165, 1.54) is 13.2 Å². The third-order valence-corrected chi connectivity index (χ3v) is 3.04. The Kier molecular flexibility index (Phi) is 5.03. The fourth-order valence-electron chi connectivity index (χ4n) is 2.10. The molecule has 2 rings (SSSR count). The number of rotatable bonds is 6. The van der Waals surface area contributed by atoms with Crippen LogP contribution in [0.1, 0.15) is 30.0 Å². The van der Waals surface area contributed by atoms with Crippen molar-refractivity contribution in [2.24, 2.45) is 0 Å². The predicted molar refractivity (Wildman–Crippen MR) is 71.3 cm³/mol. The maximum Gasteiger partial charge on any atom is 0.194 e. The van der Waals surface area contributed by atoms with Gasteiger partial charge in [-0.3, -0.25) is 0 Å². The molecule has 0 aliphatic heterocycles. The highest BCUT2D eigenvalue weighted by atomic mass is 19.2. The lowest BCUT2D eigenvalue weighted by atomic mass is 10.0. The van der Waals surface area contributed by atoms with Crippen LogP contribution in [0.3, 0.4) is 0 Å². The molecule has 2 aromatic rings. The summed E-state index contributed by atoms with van der Waals surface area (Å²) in [6.45, 7) is 2.60. The number of hydrogen-bond donors (Lipinski definition) is 1. The maximum atomic E-state index is 14.0. The second-order valence-corrected chi connectivity index (χ2v) is 4.49. The molecule has 0 fully saturated rings. The van der Waals surface area contributed by atoms with Gasteiger partial charge in [-0.05, 0) is 24.7 Å². The van der Waals surface area contributed by atoms with Crippen LogP contribution in [0.2, 0.25) is 0 Å². The van der Waals surface area contributed by atoms with Gasteiger partial charge in [-0.15, -0.1) is 0 Å². The van der Waals surface area contributed by atoms with E-state index in [0.29, 0.717) is 18.1 Å². The molecule has 1 aromatic heterocycles. The van der Waals surface area contributed by atoms with Gasteiger partial charge in [-0.2, -0.15) is 0 Å². The van der Waals surface area contributed by atoms with Gasteiger partial charge in [0.15, 0.2) is 17.5 Å². The summed E-state index contributed by atoms with van der Waals surface area (Å²) >= 11 is 0. The summed E-state index contributed by atoms with van der Waals surface area (Å²) in [4.78, 5) is 0. The molecule has 1 unspecified atom stereocenters. The third kappa shape index (κ3) is 3.28. The number of hydrogen-bond acceptors (Lipinski definition) is 3. The van der Waals surface area contributed by atoms with Crippen LogP contribution in [0.25, 0.3) is 0 Å². The summed E-state index contributed by atoms with van der Waals surface area (Å²) in [7, 11) is 1.53. The Morgan fingerprint density at radius 2 is 1.90 bits per heavy atom. The monoisotopic (exact) mass is 299 g/mol. The van der Waals surface area contributed by atoms with Gasteiger partial charge in [0.25, 0.3) is 0 Å². The summed E-state index contributed by atoms with van der Waals surface area (Å²) in [6.07, 6.45) is 0. The van der Waals surface area contributed by atoms with Crippen LogP contribution in [0.5, 0.6) is 0 Å². The van der Waals surface area contributed by atoms with Crippen molar-refractivity contribution in [3.63, 3.8) is 0 Å². The molecule has 0 bridgehead atoms. The largest absolute Gasteiger partial charge is 0.462 e. The van der Waals surface area contributed by atoms with Crippen molar-refractivity contribution < 1.29 is 22.3 Å². The number of halogens is 3. The molecule has 6 heteroatoms. The molecule has 1 aromatic carbocycles. The summed E-state index contributed by atoms with van der Waals surface area (Å²) in [5, 5.41) is 2.99. The van der Waals surface area contributed by atoms with E-state index >= 15 is 0 Å². The molecule has 1 heterocycles. The van der Waals surface area contributed by atoms with Gasteiger partial charge in [0.1, 0.15) is 18.1 Å². The number of benzene rings is 1. The summed E-state index contributed by atoms with van der Waals surface area (Å²) in [5.41, 5.74) is -0.00549. The molecule has 3 nitrogen and oxygen atoms in total. The zero-order valence-electron chi connectivity index (χ0n) is 11.8. The minimum absolute atomic E-state index is 0.00549.